The molecule has 2 aromatic heterocycles. The van der Waals surface area contributed by atoms with Crippen molar-refractivity contribution in [1.82, 2.24) is 29.4 Å². The van der Waals surface area contributed by atoms with E-state index in [2.05, 4.69) is 54.7 Å². The van der Waals surface area contributed by atoms with E-state index < -0.39 is 0 Å². The minimum absolute atomic E-state index is 0.0760. The molecule has 1 aliphatic rings. The van der Waals surface area contributed by atoms with Gasteiger partial charge in [0.15, 0.2) is 5.16 Å². The minimum Gasteiger partial charge on any atom is -0.373 e. The Balaban J connectivity index is 1.48. The fourth-order valence-corrected chi connectivity index (χ4v) is 5.17. The molecule has 1 fully saturated rings. The third kappa shape index (κ3) is 4.89. The summed E-state index contributed by atoms with van der Waals surface area (Å²) in [5.41, 5.74) is 0.386. The molecule has 182 valence electrons. The zero-order valence-corrected chi connectivity index (χ0v) is 21.0. The molecule has 3 aromatic rings. The van der Waals surface area contributed by atoms with E-state index in [0.29, 0.717) is 34.9 Å². The van der Waals surface area contributed by atoms with Crippen LogP contribution in [0, 0.1) is 0 Å². The molecule has 4 rings (SSSR count). The Morgan fingerprint density at radius 3 is 2.68 bits per heavy atom. The maximum Gasteiger partial charge on any atom is 0.263 e. The Kier molecular flexibility index (Phi) is 7.11. The molecule has 2 atom stereocenters. The number of hydrogen-bond donors (Lipinski definition) is 1. The summed E-state index contributed by atoms with van der Waals surface area (Å²) < 4.78 is 9.21. The van der Waals surface area contributed by atoms with Crippen molar-refractivity contribution in [3.8, 4) is 0 Å². The van der Waals surface area contributed by atoms with Gasteiger partial charge in [-0.1, -0.05) is 30.0 Å². The largest absolute Gasteiger partial charge is 0.373 e. The Hall–Kier alpha value is -2.69. The van der Waals surface area contributed by atoms with E-state index in [4.69, 9.17) is 4.74 Å². The molecule has 10 heteroatoms. The number of fused-ring (bicyclic) bond motifs is 3. The summed E-state index contributed by atoms with van der Waals surface area (Å²) in [6, 6.07) is 7.35. The molecule has 0 aliphatic carbocycles. The van der Waals surface area contributed by atoms with Crippen LogP contribution in [-0.4, -0.2) is 73.1 Å². The predicted octanol–water partition coefficient (Wildman–Crippen LogP) is 2.33. The van der Waals surface area contributed by atoms with Crippen LogP contribution < -0.4 is 10.9 Å². The first-order chi connectivity index (χ1) is 16.2. The zero-order chi connectivity index (χ0) is 24.5. The highest BCUT2D eigenvalue weighted by molar-refractivity contribution is 7.99. The number of rotatable bonds is 8. The first kappa shape index (κ1) is 24.4. The van der Waals surface area contributed by atoms with E-state index in [0.717, 1.165) is 13.1 Å². The Morgan fingerprint density at radius 1 is 1.26 bits per heavy atom. The number of benzene rings is 1. The normalized spacial score (nSPS) is 19.5. The molecule has 1 aliphatic heterocycles. The fraction of sp³-hybridized carbons (Fsp3) is 0.500. The van der Waals surface area contributed by atoms with Crippen LogP contribution in [0.4, 0.5) is 0 Å². The van der Waals surface area contributed by atoms with Crippen LogP contribution in [0.15, 0.2) is 46.9 Å². The summed E-state index contributed by atoms with van der Waals surface area (Å²) in [6.07, 6.45) is 2.00. The molecule has 1 saturated heterocycles. The molecule has 1 aromatic carbocycles. The fourth-order valence-electron chi connectivity index (χ4n) is 4.40. The van der Waals surface area contributed by atoms with Crippen molar-refractivity contribution < 1.29 is 9.53 Å². The molecule has 34 heavy (non-hydrogen) atoms. The smallest absolute Gasteiger partial charge is 0.263 e. The van der Waals surface area contributed by atoms with Gasteiger partial charge >= 0.3 is 0 Å². The molecule has 1 amide bonds. The molecular weight excluding hydrogens is 452 g/mol. The van der Waals surface area contributed by atoms with Crippen molar-refractivity contribution in [3.63, 3.8) is 0 Å². The number of carbonyl (C=O) groups is 1. The van der Waals surface area contributed by atoms with Gasteiger partial charge in [-0.15, -0.1) is 16.8 Å². The van der Waals surface area contributed by atoms with Crippen molar-refractivity contribution in [2.45, 2.75) is 57.1 Å². The molecule has 0 saturated carbocycles. The zero-order valence-electron chi connectivity index (χ0n) is 20.2. The van der Waals surface area contributed by atoms with E-state index in [1.165, 1.54) is 11.8 Å². The maximum atomic E-state index is 12.9. The van der Waals surface area contributed by atoms with Crippen molar-refractivity contribution in [3.05, 3.63) is 47.3 Å². The van der Waals surface area contributed by atoms with Gasteiger partial charge in [0, 0.05) is 31.7 Å². The summed E-state index contributed by atoms with van der Waals surface area (Å²) in [5, 5.41) is 12.7. The van der Waals surface area contributed by atoms with Gasteiger partial charge < -0.3 is 10.1 Å². The summed E-state index contributed by atoms with van der Waals surface area (Å²) in [5.74, 6) is 0.554. The van der Waals surface area contributed by atoms with Crippen molar-refractivity contribution in [2.24, 2.45) is 0 Å². The third-order valence-corrected chi connectivity index (χ3v) is 7.05. The number of allylic oxidation sites excluding steroid dienone is 1. The Labute approximate surface area is 203 Å². The quantitative estimate of drug-likeness (QED) is 0.387. The Morgan fingerprint density at radius 2 is 1.97 bits per heavy atom. The number of morpholine rings is 1. The van der Waals surface area contributed by atoms with Crippen LogP contribution in [0.2, 0.25) is 0 Å². The van der Waals surface area contributed by atoms with Crippen molar-refractivity contribution in [1.29, 1.82) is 0 Å². The van der Waals surface area contributed by atoms with Crippen LogP contribution in [-0.2, 0) is 16.1 Å². The molecule has 0 radical (unpaired) electrons. The van der Waals surface area contributed by atoms with E-state index >= 15 is 0 Å². The van der Waals surface area contributed by atoms with Gasteiger partial charge in [-0.25, -0.2) is 0 Å². The van der Waals surface area contributed by atoms with Gasteiger partial charge in [0.1, 0.15) is 0 Å². The highest BCUT2D eigenvalue weighted by Gasteiger charge is 2.33. The van der Waals surface area contributed by atoms with Gasteiger partial charge in [0.25, 0.3) is 5.56 Å². The molecule has 1 N–H and O–H groups in total. The number of hydrogen-bond acceptors (Lipinski definition) is 7. The van der Waals surface area contributed by atoms with E-state index in [1.807, 2.05) is 22.6 Å². The standard InChI is InChI=1S/C24H32N6O3S/c1-6-11-29-21(32)18-9-7-8-10-19(18)30-22(29)26-27-23(30)34-14-20(31)25-15-24(4,5)28-12-16(2)33-17(3)13-28/h6-10,16-17H,1,11-15H2,2-5H3,(H,25,31). The first-order valence-corrected chi connectivity index (χ1v) is 12.5. The number of amides is 1. The van der Waals surface area contributed by atoms with Crippen LogP contribution in [0.3, 0.4) is 0 Å². The number of para-hydroxylation sites is 1. The molecule has 0 bridgehead atoms. The van der Waals surface area contributed by atoms with E-state index in [-0.39, 0.29) is 35.0 Å². The molecule has 0 spiro atoms. The number of aromatic nitrogens is 4. The van der Waals surface area contributed by atoms with Gasteiger partial charge in [0.2, 0.25) is 11.7 Å². The second kappa shape index (κ2) is 9.89. The summed E-state index contributed by atoms with van der Waals surface area (Å²) in [7, 11) is 0. The summed E-state index contributed by atoms with van der Waals surface area (Å²) in [4.78, 5) is 28.0. The number of nitrogens with zero attached hydrogens (tertiary/aromatic N) is 5. The molecule has 3 heterocycles. The summed E-state index contributed by atoms with van der Waals surface area (Å²) in [6.45, 7) is 14.7. The number of ether oxygens (including phenoxy) is 1. The van der Waals surface area contributed by atoms with Gasteiger partial charge in [-0.2, -0.15) is 0 Å². The second-order valence-electron chi connectivity index (χ2n) is 9.38. The average Bonchev–Trinajstić information content (AvgIpc) is 3.22. The first-order valence-electron chi connectivity index (χ1n) is 11.5. The lowest BCUT2D eigenvalue weighted by Gasteiger charge is -2.45. The van der Waals surface area contributed by atoms with Gasteiger partial charge in [0.05, 0.1) is 28.9 Å². The molecular formula is C24H32N6O3S. The monoisotopic (exact) mass is 484 g/mol. The van der Waals surface area contributed by atoms with Gasteiger partial charge in [-0.05, 0) is 39.8 Å². The lowest BCUT2D eigenvalue weighted by molar-refractivity contribution is -0.120. The van der Waals surface area contributed by atoms with Gasteiger partial charge in [-0.3, -0.25) is 23.5 Å². The van der Waals surface area contributed by atoms with Crippen LogP contribution in [0.1, 0.15) is 27.7 Å². The van der Waals surface area contributed by atoms with Crippen LogP contribution in [0.5, 0.6) is 0 Å². The number of carbonyl (C=O) groups excluding carboxylic acids is 1. The molecule has 2 unspecified atom stereocenters. The second-order valence-corrected chi connectivity index (χ2v) is 10.3. The maximum absolute atomic E-state index is 12.9. The Bertz CT molecular complexity index is 1260. The SMILES string of the molecule is C=CCn1c(=O)c2ccccc2n2c(SCC(=O)NCC(C)(C)N3CC(C)OC(C)C3)nnc12. The third-order valence-electron chi connectivity index (χ3n) is 6.12. The number of thioether (sulfide) groups is 1. The lowest BCUT2D eigenvalue weighted by Crippen LogP contribution is -2.58. The topological polar surface area (TPSA) is 93.8 Å². The highest BCUT2D eigenvalue weighted by atomic mass is 32.2. The predicted molar refractivity (Wildman–Crippen MR) is 134 cm³/mol. The van der Waals surface area contributed by atoms with Crippen molar-refractivity contribution >= 4 is 34.3 Å². The molecule has 9 nitrogen and oxygen atoms in total. The number of nitrogens with one attached hydrogen (secondary N) is 1. The van der Waals surface area contributed by atoms with Crippen LogP contribution >= 0.6 is 11.8 Å². The lowest BCUT2D eigenvalue weighted by atomic mass is 10.00. The van der Waals surface area contributed by atoms with Crippen LogP contribution in [0.25, 0.3) is 16.7 Å². The highest BCUT2D eigenvalue weighted by Crippen LogP contribution is 2.23. The van der Waals surface area contributed by atoms with E-state index in [9.17, 15) is 9.59 Å². The van der Waals surface area contributed by atoms with Crippen molar-refractivity contribution in [2.75, 3.05) is 25.4 Å². The average molecular weight is 485 g/mol. The minimum atomic E-state index is -0.189. The summed E-state index contributed by atoms with van der Waals surface area (Å²) >= 11 is 1.30. The van der Waals surface area contributed by atoms with E-state index in [1.54, 1.807) is 16.7 Å².